The van der Waals surface area contributed by atoms with Crippen LogP contribution in [0, 0.1) is 5.41 Å². The lowest BCUT2D eigenvalue weighted by atomic mass is 9.74. The first kappa shape index (κ1) is 18.2. The summed E-state index contributed by atoms with van der Waals surface area (Å²) in [7, 11) is -3.28. The van der Waals surface area contributed by atoms with Gasteiger partial charge in [0.2, 0.25) is 0 Å². The van der Waals surface area contributed by atoms with Gasteiger partial charge in [0.1, 0.15) is 6.61 Å². The maximum absolute atomic E-state index is 12.4. The summed E-state index contributed by atoms with van der Waals surface area (Å²) in [5.74, 6) is -0.414. The van der Waals surface area contributed by atoms with Crippen LogP contribution in [-0.4, -0.2) is 27.2 Å². The van der Waals surface area contributed by atoms with E-state index in [0.717, 1.165) is 11.8 Å². The fourth-order valence-corrected chi connectivity index (χ4v) is 4.22. The van der Waals surface area contributed by atoms with Crippen molar-refractivity contribution in [2.75, 3.05) is 12.9 Å². The van der Waals surface area contributed by atoms with Gasteiger partial charge in [-0.2, -0.15) is 0 Å². The van der Waals surface area contributed by atoms with Crippen LogP contribution in [0.15, 0.2) is 57.0 Å². The summed E-state index contributed by atoms with van der Waals surface area (Å²) in [4.78, 5) is 12.6. The standard InChI is InChI=1S/C18H16Cl2O4S/c1-18(8-7-12(19)9-15(18)20)16-14(10-24-17(16)21)11-3-5-13(6-4-11)25(2,22)23/h3-7,9H,8,10H2,1-2H3. The van der Waals surface area contributed by atoms with Crippen LogP contribution >= 0.6 is 23.2 Å². The number of esters is 1. The second-order valence-corrected chi connectivity index (χ2v) is 9.20. The maximum Gasteiger partial charge on any atom is 0.335 e. The number of cyclic esters (lactones) is 1. The van der Waals surface area contributed by atoms with Gasteiger partial charge in [-0.15, -0.1) is 0 Å². The average Bonchev–Trinajstić information content (AvgIpc) is 2.93. The minimum atomic E-state index is -3.28. The van der Waals surface area contributed by atoms with Gasteiger partial charge in [-0.05, 0) is 37.1 Å². The topological polar surface area (TPSA) is 60.4 Å². The Labute approximate surface area is 156 Å². The molecule has 1 atom stereocenters. The first-order valence-electron chi connectivity index (χ1n) is 7.57. The fraction of sp³-hybridized carbons (Fsp3) is 0.278. The smallest absolute Gasteiger partial charge is 0.335 e. The van der Waals surface area contributed by atoms with E-state index >= 15 is 0 Å². The number of carbonyl (C=O) groups is 1. The van der Waals surface area contributed by atoms with Crippen molar-refractivity contribution in [3.05, 3.63) is 57.6 Å². The van der Waals surface area contributed by atoms with Crippen molar-refractivity contribution in [3.63, 3.8) is 0 Å². The Morgan fingerprint density at radius 1 is 1.16 bits per heavy atom. The number of rotatable bonds is 3. The molecule has 0 aromatic heterocycles. The van der Waals surface area contributed by atoms with Crippen LogP contribution in [0.5, 0.6) is 0 Å². The molecule has 1 aromatic carbocycles. The molecule has 0 radical (unpaired) electrons. The lowest BCUT2D eigenvalue weighted by Crippen LogP contribution is -2.25. The van der Waals surface area contributed by atoms with Gasteiger partial charge in [0.05, 0.1) is 10.5 Å². The minimum Gasteiger partial charge on any atom is -0.457 e. The molecule has 4 nitrogen and oxygen atoms in total. The van der Waals surface area contributed by atoms with E-state index in [0.29, 0.717) is 27.6 Å². The fourth-order valence-electron chi connectivity index (χ4n) is 3.05. The van der Waals surface area contributed by atoms with E-state index in [1.807, 2.05) is 13.0 Å². The molecule has 0 fully saturated rings. The van der Waals surface area contributed by atoms with E-state index in [4.69, 9.17) is 27.9 Å². The molecule has 0 amide bonds. The van der Waals surface area contributed by atoms with Gasteiger partial charge < -0.3 is 4.74 Å². The number of hydrogen-bond acceptors (Lipinski definition) is 4. The highest BCUT2D eigenvalue weighted by Crippen LogP contribution is 2.49. The molecule has 1 aliphatic heterocycles. The van der Waals surface area contributed by atoms with Crippen LogP contribution in [0.4, 0.5) is 0 Å². The van der Waals surface area contributed by atoms with Crippen molar-refractivity contribution < 1.29 is 17.9 Å². The number of halogens is 2. The molecule has 2 aliphatic rings. The van der Waals surface area contributed by atoms with Crippen LogP contribution in [-0.2, 0) is 19.4 Å². The van der Waals surface area contributed by atoms with Crippen molar-refractivity contribution in [2.45, 2.75) is 18.2 Å². The van der Waals surface area contributed by atoms with Gasteiger partial charge in [0.25, 0.3) is 0 Å². The summed E-state index contributed by atoms with van der Waals surface area (Å²) >= 11 is 12.4. The van der Waals surface area contributed by atoms with Crippen molar-refractivity contribution in [1.82, 2.24) is 0 Å². The van der Waals surface area contributed by atoms with Crippen LogP contribution in [0.1, 0.15) is 18.9 Å². The summed E-state index contributed by atoms with van der Waals surface area (Å²) in [6.45, 7) is 2.00. The second kappa shape index (κ2) is 6.31. The molecule has 3 rings (SSSR count). The number of sulfone groups is 1. The van der Waals surface area contributed by atoms with Crippen molar-refractivity contribution >= 4 is 44.6 Å². The highest BCUT2D eigenvalue weighted by molar-refractivity contribution is 7.90. The van der Waals surface area contributed by atoms with E-state index in [1.54, 1.807) is 18.2 Å². The first-order chi connectivity index (χ1) is 11.6. The van der Waals surface area contributed by atoms with E-state index in [-0.39, 0.29) is 11.5 Å². The maximum atomic E-state index is 12.4. The summed E-state index contributed by atoms with van der Waals surface area (Å²) < 4.78 is 28.5. The van der Waals surface area contributed by atoms with Crippen molar-refractivity contribution in [2.24, 2.45) is 5.41 Å². The number of ether oxygens (including phenoxy) is 1. The van der Waals surface area contributed by atoms with Gasteiger partial charge in [0, 0.05) is 27.3 Å². The Morgan fingerprint density at radius 3 is 2.36 bits per heavy atom. The van der Waals surface area contributed by atoms with Crippen LogP contribution in [0.2, 0.25) is 0 Å². The molecule has 0 saturated heterocycles. The molecule has 132 valence electrons. The van der Waals surface area contributed by atoms with Crippen LogP contribution in [0.25, 0.3) is 5.57 Å². The Bertz CT molecular complexity index is 940. The minimum absolute atomic E-state index is 0.129. The molecular formula is C18H16Cl2O4S. The van der Waals surface area contributed by atoms with E-state index in [9.17, 15) is 13.2 Å². The normalized spacial score (nSPS) is 24.1. The molecule has 1 aliphatic carbocycles. The Kier molecular flexibility index (Phi) is 4.60. The number of benzene rings is 1. The molecule has 1 heterocycles. The molecule has 0 N–H and O–H groups in total. The van der Waals surface area contributed by atoms with Gasteiger partial charge in [-0.25, -0.2) is 13.2 Å². The van der Waals surface area contributed by atoms with Gasteiger partial charge in [-0.3, -0.25) is 0 Å². The highest BCUT2D eigenvalue weighted by Gasteiger charge is 2.43. The van der Waals surface area contributed by atoms with E-state index in [1.165, 1.54) is 12.1 Å². The first-order valence-corrected chi connectivity index (χ1v) is 10.2. The molecule has 1 unspecified atom stereocenters. The number of hydrogen-bond donors (Lipinski definition) is 0. The molecule has 0 spiro atoms. The molecule has 0 bridgehead atoms. The lowest BCUT2D eigenvalue weighted by molar-refractivity contribution is -0.136. The number of allylic oxidation sites excluding steroid dienone is 4. The molecular weight excluding hydrogens is 383 g/mol. The van der Waals surface area contributed by atoms with Crippen LogP contribution in [0.3, 0.4) is 0 Å². The Balaban J connectivity index is 2.10. The predicted octanol–water partition coefficient (Wildman–Crippen LogP) is 4.06. The third-order valence-electron chi connectivity index (χ3n) is 4.53. The van der Waals surface area contributed by atoms with Crippen LogP contribution < -0.4 is 0 Å². The Morgan fingerprint density at radius 2 is 1.80 bits per heavy atom. The van der Waals surface area contributed by atoms with Gasteiger partial charge in [-0.1, -0.05) is 41.4 Å². The van der Waals surface area contributed by atoms with Gasteiger partial charge in [0.15, 0.2) is 9.84 Å². The molecule has 7 heteroatoms. The zero-order valence-electron chi connectivity index (χ0n) is 13.7. The third kappa shape index (κ3) is 3.28. The quantitative estimate of drug-likeness (QED) is 0.720. The summed E-state index contributed by atoms with van der Waals surface area (Å²) in [6.07, 6.45) is 5.08. The Hall–Kier alpha value is -1.56. The highest BCUT2D eigenvalue weighted by atomic mass is 35.5. The zero-order valence-corrected chi connectivity index (χ0v) is 16.0. The third-order valence-corrected chi connectivity index (χ3v) is 6.45. The lowest BCUT2D eigenvalue weighted by Gasteiger charge is -2.31. The molecule has 25 heavy (non-hydrogen) atoms. The van der Waals surface area contributed by atoms with E-state index in [2.05, 4.69) is 0 Å². The monoisotopic (exact) mass is 398 g/mol. The van der Waals surface area contributed by atoms with Crippen molar-refractivity contribution in [3.8, 4) is 0 Å². The largest absolute Gasteiger partial charge is 0.457 e. The molecule has 0 saturated carbocycles. The molecule has 1 aromatic rings. The van der Waals surface area contributed by atoms with Crippen molar-refractivity contribution in [1.29, 1.82) is 0 Å². The summed E-state index contributed by atoms with van der Waals surface area (Å²) in [6, 6.07) is 6.41. The van der Waals surface area contributed by atoms with Gasteiger partial charge >= 0.3 is 5.97 Å². The summed E-state index contributed by atoms with van der Waals surface area (Å²) in [5, 5.41) is 1.01. The number of carbonyl (C=O) groups excluding carboxylic acids is 1. The summed E-state index contributed by atoms with van der Waals surface area (Å²) in [5.41, 5.74) is 1.21. The predicted molar refractivity (Wildman–Crippen MR) is 98.0 cm³/mol. The zero-order chi connectivity index (χ0) is 18.4. The van der Waals surface area contributed by atoms with E-state index < -0.39 is 21.2 Å². The average molecular weight is 399 g/mol. The second-order valence-electron chi connectivity index (χ2n) is 6.34. The SMILES string of the molecule is CC1(C2=C(c3ccc(S(C)(=O)=O)cc3)COC2=O)CC=C(Cl)C=C1Cl.